The zero-order valence-electron chi connectivity index (χ0n) is 10.3. The lowest BCUT2D eigenvalue weighted by Gasteiger charge is -2.14. The number of benzene rings is 1. The number of ether oxygens (including phenoxy) is 1. The Labute approximate surface area is 106 Å². The Balaban J connectivity index is 1.85. The number of aliphatic carboxylic acids is 1. The molecule has 0 radical (unpaired) electrons. The molecule has 18 heavy (non-hydrogen) atoms. The molecule has 0 saturated heterocycles. The summed E-state index contributed by atoms with van der Waals surface area (Å²) in [4.78, 5) is 10.7. The Kier molecular flexibility index (Phi) is 3.87. The molecule has 0 heterocycles. The zero-order valence-corrected chi connectivity index (χ0v) is 10.3. The average molecular weight is 250 g/mol. The molecule has 1 aromatic rings. The highest BCUT2D eigenvalue weighted by Gasteiger charge is 2.45. The molecule has 0 spiro atoms. The van der Waals surface area contributed by atoms with E-state index in [1.807, 2.05) is 24.3 Å². The topological polar surface area (TPSA) is 66.8 Å². The number of carbonyl (C=O) groups is 1. The van der Waals surface area contributed by atoms with Gasteiger partial charge in [-0.15, -0.1) is 0 Å². The quantitative estimate of drug-likeness (QED) is 0.775. The number of hydrogen-bond donors (Lipinski definition) is 2. The van der Waals surface area contributed by atoms with Crippen LogP contribution in [0.5, 0.6) is 5.75 Å². The van der Waals surface area contributed by atoms with E-state index in [0.29, 0.717) is 13.0 Å². The van der Waals surface area contributed by atoms with Crippen molar-refractivity contribution in [1.29, 1.82) is 0 Å². The molecule has 1 saturated carbocycles. The van der Waals surface area contributed by atoms with Crippen LogP contribution in [0.4, 0.5) is 0 Å². The molecule has 1 aliphatic carbocycles. The van der Waals surface area contributed by atoms with E-state index < -0.39 is 5.97 Å². The minimum Gasteiger partial charge on any atom is -0.493 e. The number of carboxylic acid groups (broad SMARTS) is 1. The normalized spacial score (nSPS) is 16.3. The summed E-state index contributed by atoms with van der Waals surface area (Å²) < 4.78 is 5.64. The van der Waals surface area contributed by atoms with E-state index in [0.717, 1.165) is 24.2 Å². The maximum atomic E-state index is 10.7. The Hall–Kier alpha value is -1.55. The lowest BCUT2D eigenvalue weighted by molar-refractivity contribution is -0.138. The average Bonchev–Trinajstić information content (AvgIpc) is 3.08. The number of aliphatic hydroxyl groups excluding tert-OH is 1. The maximum absolute atomic E-state index is 10.7. The molecule has 1 aliphatic rings. The van der Waals surface area contributed by atoms with E-state index in [2.05, 4.69) is 0 Å². The Morgan fingerprint density at radius 3 is 2.44 bits per heavy atom. The van der Waals surface area contributed by atoms with E-state index in [1.165, 1.54) is 0 Å². The van der Waals surface area contributed by atoms with Gasteiger partial charge >= 0.3 is 5.97 Å². The van der Waals surface area contributed by atoms with Crippen molar-refractivity contribution >= 4 is 5.97 Å². The Morgan fingerprint density at radius 1 is 1.28 bits per heavy atom. The smallest absolute Gasteiger partial charge is 0.304 e. The van der Waals surface area contributed by atoms with E-state index in [9.17, 15) is 4.79 Å². The maximum Gasteiger partial charge on any atom is 0.304 e. The van der Waals surface area contributed by atoms with Gasteiger partial charge in [0.15, 0.2) is 0 Å². The summed E-state index contributed by atoms with van der Waals surface area (Å²) in [7, 11) is 0. The van der Waals surface area contributed by atoms with Crippen molar-refractivity contribution in [2.75, 3.05) is 13.2 Å². The summed E-state index contributed by atoms with van der Waals surface area (Å²) in [5.74, 6) is 0.00254. The van der Waals surface area contributed by atoms with Crippen molar-refractivity contribution in [1.82, 2.24) is 0 Å². The Morgan fingerprint density at radius 2 is 1.94 bits per heavy atom. The minimum absolute atomic E-state index is 0.141. The highest BCUT2D eigenvalue weighted by molar-refractivity contribution is 5.68. The molecule has 1 aromatic carbocycles. The molecule has 1 fully saturated rings. The molecule has 0 bridgehead atoms. The van der Waals surface area contributed by atoms with E-state index in [-0.39, 0.29) is 18.4 Å². The summed E-state index contributed by atoms with van der Waals surface area (Å²) >= 11 is 0. The summed E-state index contributed by atoms with van der Waals surface area (Å²) in [6.45, 7) is 0.612. The fourth-order valence-corrected chi connectivity index (χ4v) is 1.99. The second kappa shape index (κ2) is 5.40. The van der Waals surface area contributed by atoms with Gasteiger partial charge in [-0.2, -0.15) is 0 Å². The molecular formula is C14H18O4. The first kappa shape index (κ1) is 12.9. The van der Waals surface area contributed by atoms with Gasteiger partial charge in [0, 0.05) is 12.0 Å². The monoisotopic (exact) mass is 250 g/mol. The van der Waals surface area contributed by atoms with Crippen molar-refractivity contribution in [3.05, 3.63) is 29.8 Å². The van der Waals surface area contributed by atoms with Crippen LogP contribution in [0.3, 0.4) is 0 Å². The highest BCUT2D eigenvalue weighted by atomic mass is 16.5. The molecule has 0 aliphatic heterocycles. The van der Waals surface area contributed by atoms with Gasteiger partial charge in [-0.1, -0.05) is 12.1 Å². The number of aliphatic hydroxyl groups is 1. The van der Waals surface area contributed by atoms with Gasteiger partial charge in [-0.25, -0.2) is 0 Å². The van der Waals surface area contributed by atoms with Gasteiger partial charge in [0.1, 0.15) is 5.75 Å². The van der Waals surface area contributed by atoms with Crippen LogP contribution in [-0.2, 0) is 11.2 Å². The van der Waals surface area contributed by atoms with E-state index in [1.54, 1.807) is 0 Å². The number of rotatable bonds is 7. The summed E-state index contributed by atoms with van der Waals surface area (Å²) in [5, 5.41) is 17.6. The van der Waals surface area contributed by atoms with Crippen LogP contribution >= 0.6 is 0 Å². The fraction of sp³-hybridized carbons (Fsp3) is 0.500. The third-order valence-corrected chi connectivity index (χ3v) is 3.35. The standard InChI is InChI=1S/C14H18O4/c15-8-5-11-1-3-12(4-2-11)18-10-14(6-7-14)9-13(16)17/h1-4,15H,5-10H2,(H,16,17). The third kappa shape index (κ3) is 3.47. The molecule has 98 valence electrons. The molecule has 2 rings (SSSR count). The second-order valence-corrected chi connectivity index (χ2v) is 4.98. The first-order chi connectivity index (χ1) is 8.63. The van der Waals surface area contributed by atoms with Crippen LogP contribution in [-0.4, -0.2) is 29.4 Å². The van der Waals surface area contributed by atoms with Gasteiger partial charge in [0.05, 0.1) is 13.0 Å². The summed E-state index contributed by atoms with van der Waals surface area (Å²) in [6.07, 6.45) is 2.70. The Bertz CT molecular complexity index is 406. The molecule has 0 unspecified atom stereocenters. The van der Waals surface area contributed by atoms with Crippen LogP contribution < -0.4 is 4.74 Å². The van der Waals surface area contributed by atoms with E-state index in [4.69, 9.17) is 14.9 Å². The van der Waals surface area contributed by atoms with Crippen molar-refractivity contribution in [3.8, 4) is 5.75 Å². The molecule has 2 N–H and O–H groups in total. The molecule has 0 aromatic heterocycles. The van der Waals surface area contributed by atoms with E-state index >= 15 is 0 Å². The molecule has 0 amide bonds. The van der Waals surface area contributed by atoms with Gasteiger partial charge < -0.3 is 14.9 Å². The first-order valence-corrected chi connectivity index (χ1v) is 6.18. The molecule has 4 heteroatoms. The molecule has 0 atom stereocenters. The highest BCUT2D eigenvalue weighted by Crippen LogP contribution is 2.48. The van der Waals surface area contributed by atoms with Gasteiger partial charge in [-0.05, 0) is 37.0 Å². The van der Waals surface area contributed by atoms with Crippen molar-refractivity contribution in [2.45, 2.75) is 25.7 Å². The third-order valence-electron chi connectivity index (χ3n) is 3.35. The van der Waals surface area contributed by atoms with Gasteiger partial charge in [0.2, 0.25) is 0 Å². The summed E-state index contributed by atoms with van der Waals surface area (Å²) in [6, 6.07) is 7.56. The van der Waals surface area contributed by atoms with Crippen LogP contribution in [0.1, 0.15) is 24.8 Å². The van der Waals surface area contributed by atoms with Crippen LogP contribution in [0.2, 0.25) is 0 Å². The lowest BCUT2D eigenvalue weighted by Crippen LogP contribution is -2.17. The van der Waals surface area contributed by atoms with Crippen LogP contribution in [0.15, 0.2) is 24.3 Å². The fourth-order valence-electron chi connectivity index (χ4n) is 1.99. The molecular weight excluding hydrogens is 232 g/mol. The zero-order chi connectivity index (χ0) is 13.0. The predicted octanol–water partition coefficient (Wildman–Crippen LogP) is 1.86. The van der Waals surface area contributed by atoms with Crippen molar-refractivity contribution in [2.24, 2.45) is 5.41 Å². The van der Waals surface area contributed by atoms with Crippen molar-refractivity contribution in [3.63, 3.8) is 0 Å². The number of carboxylic acids is 1. The number of hydrogen-bond acceptors (Lipinski definition) is 3. The molecule has 4 nitrogen and oxygen atoms in total. The summed E-state index contributed by atoms with van der Waals surface area (Å²) in [5.41, 5.74) is 0.923. The largest absolute Gasteiger partial charge is 0.493 e. The van der Waals surface area contributed by atoms with Crippen LogP contribution in [0, 0.1) is 5.41 Å². The second-order valence-electron chi connectivity index (χ2n) is 4.98. The van der Waals surface area contributed by atoms with Gasteiger partial charge in [-0.3, -0.25) is 4.79 Å². The SMILES string of the molecule is O=C(O)CC1(COc2ccc(CCO)cc2)CC1. The van der Waals surface area contributed by atoms with Gasteiger partial charge in [0.25, 0.3) is 0 Å². The predicted molar refractivity (Wildman–Crippen MR) is 66.6 cm³/mol. The minimum atomic E-state index is -0.755. The van der Waals surface area contributed by atoms with Crippen molar-refractivity contribution < 1.29 is 19.7 Å². The first-order valence-electron chi connectivity index (χ1n) is 6.18. The van der Waals surface area contributed by atoms with Crippen LogP contribution in [0.25, 0.3) is 0 Å². The lowest BCUT2D eigenvalue weighted by atomic mass is 10.0.